The summed E-state index contributed by atoms with van der Waals surface area (Å²) >= 11 is 4.25. The van der Waals surface area contributed by atoms with Crippen LogP contribution in [0.25, 0.3) is 0 Å². The number of hydrogen-bond donors (Lipinski definition) is 1. The van der Waals surface area contributed by atoms with Crippen LogP contribution in [-0.2, 0) is 0 Å². The van der Waals surface area contributed by atoms with Crippen LogP contribution in [0.1, 0.15) is 24.3 Å². The Bertz CT molecular complexity index is 411. The van der Waals surface area contributed by atoms with Crippen LogP contribution < -0.4 is 10.1 Å². The number of nitrogens with one attached hydrogen (secondary N) is 1. The van der Waals surface area contributed by atoms with Crippen molar-refractivity contribution in [2.75, 3.05) is 30.9 Å². The lowest BCUT2D eigenvalue weighted by molar-refractivity contribution is 0.293. The smallest absolute Gasteiger partial charge is 0.118 e. The molecule has 1 saturated heterocycles. The molecule has 4 heteroatoms. The molecule has 1 N–H and O–H groups in total. The predicted molar refractivity (Wildman–Crippen MR) is 90.3 cm³/mol. The molecule has 3 rings (SSSR count). The Morgan fingerprint density at radius 3 is 2.65 bits per heavy atom. The average Bonchev–Trinajstić information content (AvgIpc) is 2.47. The third-order valence-corrected chi connectivity index (χ3v) is 7.09. The molecule has 1 aromatic carbocycles. The molecule has 1 atom stereocenters. The van der Waals surface area contributed by atoms with Gasteiger partial charge in [-0.2, -0.15) is 23.5 Å². The Labute approximate surface area is 130 Å². The summed E-state index contributed by atoms with van der Waals surface area (Å²) in [5, 5.41) is 4.58. The molecule has 2 nitrogen and oxygen atoms in total. The van der Waals surface area contributed by atoms with Gasteiger partial charge in [-0.3, -0.25) is 0 Å². The first-order valence-corrected chi connectivity index (χ1v) is 9.62. The number of ether oxygens (including phenoxy) is 1. The third-order valence-electron chi connectivity index (χ3n) is 4.24. The van der Waals surface area contributed by atoms with E-state index in [2.05, 4.69) is 53.1 Å². The predicted octanol–water partition coefficient (Wildman–Crippen LogP) is 3.38. The summed E-state index contributed by atoms with van der Waals surface area (Å²) in [5.41, 5.74) is 1.46. The molecule has 0 spiro atoms. The standard InChI is InChI=1S/C16H23NOS2/c1-18-15-4-2-12(3-5-15)13-8-14(9-13)17-10-16-11-19-6-7-20-16/h2-5,13-14,16-17H,6-11H2,1H3. The van der Waals surface area contributed by atoms with Crippen LogP contribution in [0.2, 0.25) is 0 Å². The fraction of sp³-hybridized carbons (Fsp3) is 0.625. The summed E-state index contributed by atoms with van der Waals surface area (Å²) < 4.78 is 5.21. The molecule has 110 valence electrons. The first-order valence-electron chi connectivity index (χ1n) is 7.42. The molecule has 1 unspecified atom stereocenters. The number of benzene rings is 1. The van der Waals surface area contributed by atoms with Gasteiger partial charge in [0, 0.05) is 35.1 Å². The van der Waals surface area contributed by atoms with Crippen LogP contribution in [0.5, 0.6) is 5.75 Å². The lowest BCUT2D eigenvalue weighted by Crippen LogP contribution is -2.43. The van der Waals surface area contributed by atoms with Crippen LogP contribution >= 0.6 is 23.5 Å². The molecule has 1 aliphatic heterocycles. The monoisotopic (exact) mass is 309 g/mol. The topological polar surface area (TPSA) is 21.3 Å². The molecule has 1 aromatic rings. The fourth-order valence-electron chi connectivity index (χ4n) is 2.89. The molecular weight excluding hydrogens is 286 g/mol. The van der Waals surface area contributed by atoms with Gasteiger partial charge in [0.1, 0.15) is 5.75 Å². The van der Waals surface area contributed by atoms with E-state index in [0.717, 1.165) is 23.0 Å². The molecular formula is C16H23NOS2. The highest BCUT2D eigenvalue weighted by Crippen LogP contribution is 2.37. The van der Waals surface area contributed by atoms with Crippen molar-refractivity contribution in [3.8, 4) is 5.75 Å². The van der Waals surface area contributed by atoms with E-state index in [9.17, 15) is 0 Å². The number of hydrogen-bond acceptors (Lipinski definition) is 4. The second-order valence-electron chi connectivity index (χ2n) is 5.61. The minimum Gasteiger partial charge on any atom is -0.497 e. The molecule has 0 bridgehead atoms. The Hall–Kier alpha value is -0.320. The summed E-state index contributed by atoms with van der Waals surface area (Å²) in [6.07, 6.45) is 2.58. The zero-order valence-electron chi connectivity index (χ0n) is 12.0. The molecule has 0 aromatic heterocycles. The van der Waals surface area contributed by atoms with Gasteiger partial charge >= 0.3 is 0 Å². The molecule has 2 aliphatic rings. The van der Waals surface area contributed by atoms with Crippen LogP contribution in [0.3, 0.4) is 0 Å². The van der Waals surface area contributed by atoms with Crippen LogP contribution in [0.15, 0.2) is 24.3 Å². The van der Waals surface area contributed by atoms with E-state index in [0.29, 0.717) is 0 Å². The highest BCUT2D eigenvalue weighted by atomic mass is 32.2. The summed E-state index contributed by atoms with van der Waals surface area (Å²) in [4.78, 5) is 0. The maximum Gasteiger partial charge on any atom is 0.118 e. The quantitative estimate of drug-likeness (QED) is 0.900. The van der Waals surface area contributed by atoms with Gasteiger partial charge in [0.05, 0.1) is 7.11 Å². The van der Waals surface area contributed by atoms with Crippen molar-refractivity contribution >= 4 is 23.5 Å². The van der Waals surface area contributed by atoms with Crippen molar-refractivity contribution in [2.45, 2.75) is 30.1 Å². The SMILES string of the molecule is COc1ccc(C2CC(NCC3CSCCS3)C2)cc1. The minimum absolute atomic E-state index is 0.731. The fourth-order valence-corrected chi connectivity index (χ4v) is 5.51. The van der Waals surface area contributed by atoms with E-state index in [-0.39, 0.29) is 0 Å². The van der Waals surface area contributed by atoms with E-state index in [4.69, 9.17) is 4.74 Å². The molecule has 0 amide bonds. The zero-order chi connectivity index (χ0) is 13.8. The zero-order valence-corrected chi connectivity index (χ0v) is 13.6. The van der Waals surface area contributed by atoms with Gasteiger partial charge < -0.3 is 10.1 Å². The number of rotatable bonds is 5. The second-order valence-corrected chi connectivity index (χ2v) is 8.17. The first kappa shape index (κ1) is 14.6. The van der Waals surface area contributed by atoms with E-state index in [1.807, 2.05) is 0 Å². The summed E-state index contributed by atoms with van der Waals surface area (Å²) in [6, 6.07) is 9.31. The summed E-state index contributed by atoms with van der Waals surface area (Å²) in [7, 11) is 1.72. The Balaban J connectivity index is 1.39. The van der Waals surface area contributed by atoms with Gasteiger partial charge in [-0.25, -0.2) is 0 Å². The van der Waals surface area contributed by atoms with Crippen molar-refractivity contribution < 1.29 is 4.74 Å². The highest BCUT2D eigenvalue weighted by molar-refractivity contribution is 8.06. The molecule has 0 radical (unpaired) electrons. The van der Waals surface area contributed by atoms with Crippen molar-refractivity contribution in [2.24, 2.45) is 0 Å². The maximum atomic E-state index is 5.21. The van der Waals surface area contributed by atoms with Gasteiger partial charge in [-0.05, 0) is 36.5 Å². The minimum atomic E-state index is 0.731. The Morgan fingerprint density at radius 1 is 1.20 bits per heavy atom. The van der Waals surface area contributed by atoms with E-state index >= 15 is 0 Å². The summed E-state index contributed by atoms with van der Waals surface area (Å²) in [5.74, 6) is 5.69. The van der Waals surface area contributed by atoms with Crippen molar-refractivity contribution in [3.05, 3.63) is 29.8 Å². The van der Waals surface area contributed by atoms with Crippen molar-refractivity contribution in [1.29, 1.82) is 0 Å². The third kappa shape index (κ3) is 3.66. The molecule has 20 heavy (non-hydrogen) atoms. The largest absolute Gasteiger partial charge is 0.497 e. The van der Waals surface area contributed by atoms with E-state index in [1.165, 1.54) is 42.2 Å². The maximum absolute atomic E-state index is 5.21. The normalized spacial score (nSPS) is 29.8. The molecule has 1 saturated carbocycles. The van der Waals surface area contributed by atoms with Gasteiger partial charge in [0.25, 0.3) is 0 Å². The second kappa shape index (κ2) is 7.10. The molecule has 1 heterocycles. The number of thioether (sulfide) groups is 2. The highest BCUT2D eigenvalue weighted by Gasteiger charge is 2.30. The van der Waals surface area contributed by atoms with Crippen LogP contribution in [0, 0.1) is 0 Å². The Kier molecular flexibility index (Phi) is 5.19. The average molecular weight is 310 g/mol. The lowest BCUT2D eigenvalue weighted by Gasteiger charge is -2.37. The van der Waals surface area contributed by atoms with Crippen molar-refractivity contribution in [1.82, 2.24) is 5.32 Å². The van der Waals surface area contributed by atoms with Gasteiger partial charge in [-0.1, -0.05) is 12.1 Å². The molecule has 1 aliphatic carbocycles. The van der Waals surface area contributed by atoms with Gasteiger partial charge in [0.2, 0.25) is 0 Å². The first-order chi connectivity index (χ1) is 9.85. The van der Waals surface area contributed by atoms with Crippen LogP contribution in [-0.4, -0.2) is 42.2 Å². The summed E-state index contributed by atoms with van der Waals surface area (Å²) in [6.45, 7) is 1.19. The van der Waals surface area contributed by atoms with E-state index in [1.54, 1.807) is 7.11 Å². The molecule has 2 fully saturated rings. The lowest BCUT2D eigenvalue weighted by atomic mass is 9.76. The Morgan fingerprint density at radius 2 is 2.00 bits per heavy atom. The number of methoxy groups -OCH3 is 1. The van der Waals surface area contributed by atoms with Gasteiger partial charge in [0.15, 0.2) is 0 Å². The van der Waals surface area contributed by atoms with Crippen molar-refractivity contribution in [3.63, 3.8) is 0 Å². The van der Waals surface area contributed by atoms with Gasteiger partial charge in [-0.15, -0.1) is 0 Å². The van der Waals surface area contributed by atoms with E-state index < -0.39 is 0 Å². The van der Waals surface area contributed by atoms with Crippen LogP contribution in [0.4, 0.5) is 0 Å².